The lowest BCUT2D eigenvalue weighted by Crippen LogP contribution is -2.01. The van der Waals surface area contributed by atoms with Gasteiger partial charge in [0.1, 0.15) is 11.6 Å². The van der Waals surface area contributed by atoms with E-state index >= 15 is 0 Å². The zero-order chi connectivity index (χ0) is 23.0. The Bertz CT molecular complexity index is 898. The second-order valence-corrected chi connectivity index (χ2v) is 8.21. The highest BCUT2D eigenvalue weighted by atomic mass is 16.6. The quantitative estimate of drug-likeness (QED) is 0.134. The van der Waals surface area contributed by atoms with E-state index in [1.165, 1.54) is 76.3 Å². The lowest BCUT2D eigenvalue weighted by molar-refractivity contribution is -0.385. The van der Waals surface area contributed by atoms with Crippen LogP contribution in [0.15, 0.2) is 42.5 Å². The lowest BCUT2D eigenvalue weighted by Gasteiger charge is -2.07. The van der Waals surface area contributed by atoms with Crippen molar-refractivity contribution in [2.75, 3.05) is 11.9 Å². The predicted octanol–water partition coefficient (Wildman–Crippen LogP) is 7.97. The van der Waals surface area contributed by atoms with Gasteiger partial charge < -0.3 is 5.32 Å². The smallest absolute Gasteiger partial charge is 0.287 e. The van der Waals surface area contributed by atoms with Crippen LogP contribution in [0, 0.1) is 21.4 Å². The molecule has 0 aliphatic heterocycles. The van der Waals surface area contributed by atoms with Gasteiger partial charge in [-0.3, -0.25) is 10.1 Å². The van der Waals surface area contributed by atoms with Crippen LogP contribution in [0.25, 0.3) is 12.2 Å². The maximum atomic E-state index is 10.9. The van der Waals surface area contributed by atoms with Crippen molar-refractivity contribution in [2.45, 2.75) is 71.1 Å². The molecule has 1 N–H and O–H groups in total. The topological polar surface area (TPSA) is 79.0 Å². The Hall–Kier alpha value is -3.13. The van der Waals surface area contributed by atoms with Crippen LogP contribution in [-0.4, -0.2) is 11.5 Å². The number of nitro benzene ring substituents is 1. The Kier molecular flexibility index (Phi) is 11.6. The molecule has 0 radical (unpaired) electrons. The number of anilines is 1. The summed E-state index contributed by atoms with van der Waals surface area (Å²) in [5.41, 5.74) is 2.81. The minimum atomic E-state index is -0.534. The molecule has 0 aromatic heterocycles. The van der Waals surface area contributed by atoms with Crippen LogP contribution in [0.3, 0.4) is 0 Å². The third-order valence-electron chi connectivity index (χ3n) is 5.58. The van der Waals surface area contributed by atoms with Crippen molar-refractivity contribution in [3.8, 4) is 6.07 Å². The molecule has 0 amide bonds. The van der Waals surface area contributed by atoms with Crippen LogP contribution in [-0.2, 0) is 0 Å². The van der Waals surface area contributed by atoms with Gasteiger partial charge in [0, 0.05) is 18.3 Å². The monoisotopic (exact) mass is 433 g/mol. The van der Waals surface area contributed by atoms with Gasteiger partial charge in [-0.1, -0.05) is 89.0 Å². The summed E-state index contributed by atoms with van der Waals surface area (Å²) in [6.07, 6.45) is 17.2. The van der Waals surface area contributed by atoms with Crippen LogP contribution < -0.4 is 5.32 Å². The SMILES string of the molecule is CCCCCCCCCCCCNc1ccc(C=Cc2ccc([N+](=O)[O-])c(C#N)c2)cc1. The molecule has 170 valence electrons. The lowest BCUT2D eigenvalue weighted by atomic mass is 10.1. The summed E-state index contributed by atoms with van der Waals surface area (Å²) in [4.78, 5) is 10.4. The first-order valence-corrected chi connectivity index (χ1v) is 11.8. The van der Waals surface area contributed by atoms with E-state index < -0.39 is 4.92 Å². The van der Waals surface area contributed by atoms with Crippen LogP contribution in [0.5, 0.6) is 0 Å². The highest BCUT2D eigenvalue weighted by Crippen LogP contribution is 2.21. The minimum absolute atomic E-state index is 0.0728. The van der Waals surface area contributed by atoms with Crippen molar-refractivity contribution < 1.29 is 4.92 Å². The van der Waals surface area contributed by atoms with E-state index in [0.717, 1.165) is 23.4 Å². The largest absolute Gasteiger partial charge is 0.385 e. The van der Waals surface area contributed by atoms with Crippen LogP contribution in [0.4, 0.5) is 11.4 Å². The van der Waals surface area contributed by atoms with Crippen LogP contribution in [0.2, 0.25) is 0 Å². The van der Waals surface area contributed by atoms with Crippen LogP contribution >= 0.6 is 0 Å². The normalized spacial score (nSPS) is 10.9. The average Bonchev–Trinajstić information content (AvgIpc) is 2.81. The molecule has 32 heavy (non-hydrogen) atoms. The highest BCUT2D eigenvalue weighted by Gasteiger charge is 2.12. The molecule has 0 saturated heterocycles. The van der Waals surface area contributed by atoms with E-state index in [9.17, 15) is 10.1 Å². The fourth-order valence-corrected chi connectivity index (χ4v) is 3.66. The van der Waals surface area contributed by atoms with Gasteiger partial charge >= 0.3 is 0 Å². The van der Waals surface area contributed by atoms with Crippen molar-refractivity contribution in [3.63, 3.8) is 0 Å². The summed E-state index contributed by atoms with van der Waals surface area (Å²) in [6, 6.07) is 14.6. The zero-order valence-corrected chi connectivity index (χ0v) is 19.2. The fourth-order valence-electron chi connectivity index (χ4n) is 3.66. The van der Waals surface area contributed by atoms with Crippen molar-refractivity contribution >= 4 is 23.5 Å². The Labute approximate surface area is 192 Å². The maximum absolute atomic E-state index is 10.9. The second-order valence-electron chi connectivity index (χ2n) is 8.21. The number of nitro groups is 1. The number of rotatable bonds is 15. The molecule has 0 atom stereocenters. The van der Waals surface area contributed by atoms with E-state index in [4.69, 9.17) is 5.26 Å². The van der Waals surface area contributed by atoms with Crippen molar-refractivity contribution in [2.24, 2.45) is 0 Å². The van der Waals surface area contributed by atoms with Gasteiger partial charge in [-0.25, -0.2) is 0 Å². The second kappa shape index (κ2) is 14.8. The summed E-state index contributed by atoms with van der Waals surface area (Å²) in [6.45, 7) is 3.25. The molecule has 0 aliphatic carbocycles. The molecule has 0 aliphatic rings. The standard InChI is InChI=1S/C27H35N3O2/c1-2-3-4-5-6-7-8-9-10-11-20-29-26-17-14-23(15-18-26)12-13-24-16-19-27(30(31)32)25(21-24)22-28/h12-19,21,29H,2-11,20H2,1H3. The van der Waals surface area contributed by atoms with E-state index in [0.29, 0.717) is 0 Å². The molecule has 5 heteroatoms. The molecule has 0 bridgehead atoms. The van der Waals surface area contributed by atoms with E-state index in [-0.39, 0.29) is 11.3 Å². The van der Waals surface area contributed by atoms with Crippen molar-refractivity contribution in [3.05, 3.63) is 69.3 Å². The number of nitrogens with zero attached hydrogens (tertiary/aromatic N) is 2. The summed E-state index contributed by atoms with van der Waals surface area (Å²) >= 11 is 0. The summed E-state index contributed by atoms with van der Waals surface area (Å²) in [7, 11) is 0. The molecule has 5 nitrogen and oxygen atoms in total. The molecular weight excluding hydrogens is 398 g/mol. The van der Waals surface area contributed by atoms with Gasteiger partial charge in [-0.15, -0.1) is 0 Å². The van der Waals surface area contributed by atoms with Gasteiger partial charge in [0.05, 0.1) is 4.92 Å². The van der Waals surface area contributed by atoms with Gasteiger partial charge in [-0.2, -0.15) is 5.26 Å². The Morgan fingerprint density at radius 3 is 2.03 bits per heavy atom. The molecule has 0 saturated carbocycles. The molecule has 0 unspecified atom stereocenters. The van der Waals surface area contributed by atoms with Gasteiger partial charge in [0.15, 0.2) is 0 Å². The van der Waals surface area contributed by atoms with E-state index in [2.05, 4.69) is 24.4 Å². The number of unbranched alkanes of at least 4 members (excludes halogenated alkanes) is 9. The average molecular weight is 434 g/mol. The third kappa shape index (κ3) is 9.34. The molecule has 0 spiro atoms. The molecule has 0 fully saturated rings. The first-order valence-electron chi connectivity index (χ1n) is 11.8. The molecular formula is C27H35N3O2. The third-order valence-corrected chi connectivity index (χ3v) is 5.58. The van der Waals surface area contributed by atoms with Crippen molar-refractivity contribution in [1.29, 1.82) is 5.26 Å². The minimum Gasteiger partial charge on any atom is -0.385 e. The van der Waals surface area contributed by atoms with Crippen molar-refractivity contribution in [1.82, 2.24) is 0 Å². The maximum Gasteiger partial charge on any atom is 0.287 e. The fraction of sp³-hybridized carbons (Fsp3) is 0.444. The van der Waals surface area contributed by atoms with E-state index in [1.807, 2.05) is 30.4 Å². The van der Waals surface area contributed by atoms with E-state index in [1.54, 1.807) is 6.07 Å². The number of nitriles is 1. The Balaban J connectivity index is 1.67. The number of nitrogens with one attached hydrogen (secondary N) is 1. The van der Waals surface area contributed by atoms with Gasteiger partial charge in [0.2, 0.25) is 0 Å². The molecule has 2 rings (SSSR count). The summed E-state index contributed by atoms with van der Waals surface area (Å²) in [5.74, 6) is 0. The van der Waals surface area contributed by atoms with Crippen LogP contribution in [0.1, 0.15) is 87.8 Å². The van der Waals surface area contributed by atoms with Gasteiger partial charge in [-0.05, 0) is 41.8 Å². The molecule has 0 heterocycles. The summed E-state index contributed by atoms with van der Waals surface area (Å²) in [5, 5.41) is 23.5. The van der Waals surface area contributed by atoms with Gasteiger partial charge in [0.25, 0.3) is 5.69 Å². The first-order chi connectivity index (χ1) is 15.6. The molecule has 2 aromatic rings. The Morgan fingerprint density at radius 2 is 1.44 bits per heavy atom. The Morgan fingerprint density at radius 1 is 0.875 bits per heavy atom. The highest BCUT2D eigenvalue weighted by molar-refractivity contribution is 5.72. The predicted molar refractivity (Wildman–Crippen MR) is 134 cm³/mol. The summed E-state index contributed by atoms with van der Waals surface area (Å²) < 4.78 is 0. The first kappa shape index (κ1) is 25.1. The molecule has 2 aromatic carbocycles. The number of hydrogen-bond acceptors (Lipinski definition) is 4. The zero-order valence-electron chi connectivity index (χ0n) is 19.2. The number of benzene rings is 2. The number of hydrogen-bond donors (Lipinski definition) is 1.